The number of para-hydroxylation sites is 2. The summed E-state index contributed by atoms with van der Waals surface area (Å²) in [6.45, 7) is 1.58. The van der Waals surface area contributed by atoms with Crippen LogP contribution in [0.25, 0.3) is 11.0 Å². The summed E-state index contributed by atoms with van der Waals surface area (Å²) in [4.78, 5) is 54.5. The van der Waals surface area contributed by atoms with Gasteiger partial charge < -0.3 is 9.15 Å². The highest BCUT2D eigenvalue weighted by Gasteiger charge is 2.87. The molecule has 35 heavy (non-hydrogen) atoms. The molecular weight excluding hydrogens is 468 g/mol. The highest BCUT2D eigenvalue weighted by Crippen LogP contribution is 2.79. The van der Waals surface area contributed by atoms with E-state index in [0.29, 0.717) is 32.9 Å². The van der Waals surface area contributed by atoms with Crippen LogP contribution in [-0.4, -0.2) is 17.5 Å². The Morgan fingerprint density at radius 2 is 1.57 bits per heavy atom. The molecule has 0 bridgehead atoms. The first kappa shape index (κ1) is 21.5. The van der Waals surface area contributed by atoms with E-state index in [1.54, 1.807) is 79.7 Å². The van der Waals surface area contributed by atoms with Crippen molar-refractivity contribution >= 4 is 40.1 Å². The van der Waals surface area contributed by atoms with Crippen molar-refractivity contribution in [2.24, 2.45) is 10.8 Å². The number of fused-ring (bicyclic) bond motifs is 4. The molecular formula is C28H17ClO6. The average molecular weight is 485 g/mol. The molecule has 7 heteroatoms. The maximum Gasteiger partial charge on any atom is 0.347 e. The maximum absolute atomic E-state index is 14.1. The van der Waals surface area contributed by atoms with E-state index >= 15 is 0 Å². The molecule has 6 rings (SSSR count). The number of carbonyl (C=O) groups is 3. The summed E-state index contributed by atoms with van der Waals surface area (Å²) in [6.07, 6.45) is 0. The molecule has 1 aliphatic carbocycles. The molecule has 4 aromatic rings. The summed E-state index contributed by atoms with van der Waals surface area (Å²) in [6, 6.07) is 21.2. The smallest absolute Gasteiger partial charge is 0.347 e. The fourth-order valence-electron chi connectivity index (χ4n) is 5.59. The molecule has 0 radical (unpaired) electrons. The summed E-state index contributed by atoms with van der Waals surface area (Å²) in [7, 11) is 0. The Labute approximate surface area is 204 Å². The largest absolute Gasteiger partial charge is 0.425 e. The van der Waals surface area contributed by atoms with E-state index in [2.05, 4.69) is 0 Å². The van der Waals surface area contributed by atoms with Gasteiger partial charge in [0.15, 0.2) is 17.0 Å². The van der Waals surface area contributed by atoms with Crippen LogP contribution < -0.4 is 10.4 Å². The third kappa shape index (κ3) is 2.71. The van der Waals surface area contributed by atoms with Gasteiger partial charge in [0.05, 0.1) is 5.41 Å². The molecule has 3 aromatic carbocycles. The molecule has 172 valence electrons. The summed E-state index contributed by atoms with van der Waals surface area (Å²) in [5.74, 6) is -2.57. The van der Waals surface area contributed by atoms with E-state index in [1.165, 1.54) is 6.07 Å². The normalized spacial score (nSPS) is 24.3. The third-order valence-electron chi connectivity index (χ3n) is 7.32. The van der Waals surface area contributed by atoms with E-state index < -0.39 is 39.9 Å². The number of ether oxygens (including phenoxy) is 1. The van der Waals surface area contributed by atoms with Crippen molar-refractivity contribution in [3.05, 3.63) is 111 Å². The molecule has 2 aliphatic rings. The van der Waals surface area contributed by atoms with Crippen molar-refractivity contribution in [2.45, 2.75) is 12.8 Å². The van der Waals surface area contributed by atoms with Crippen LogP contribution >= 0.6 is 11.6 Å². The summed E-state index contributed by atoms with van der Waals surface area (Å²) >= 11 is 6.00. The standard InChI is InChI=1S/C28H17ClO6/c1-27(23(30)15-10-12-17(29)13-11-15)22-18-7-3-5-9-21(18)35-26(33)28(22,27)24(31)19-14-16-6-2-4-8-20(16)34-25(19)32/h2-14,22H,1H3. The predicted molar refractivity (Wildman–Crippen MR) is 128 cm³/mol. The summed E-state index contributed by atoms with van der Waals surface area (Å²) < 4.78 is 11.0. The van der Waals surface area contributed by atoms with Crippen LogP contribution in [-0.2, 0) is 4.79 Å². The number of halogens is 1. The van der Waals surface area contributed by atoms with E-state index in [1.807, 2.05) is 0 Å². The number of hydrogen-bond acceptors (Lipinski definition) is 6. The topological polar surface area (TPSA) is 90.7 Å². The maximum atomic E-state index is 14.1. The summed E-state index contributed by atoms with van der Waals surface area (Å²) in [5.41, 5.74) is -3.38. The van der Waals surface area contributed by atoms with Crippen molar-refractivity contribution in [3.8, 4) is 5.75 Å². The van der Waals surface area contributed by atoms with Crippen LogP contribution in [0.2, 0.25) is 5.02 Å². The third-order valence-corrected chi connectivity index (χ3v) is 7.58. The van der Waals surface area contributed by atoms with Crippen molar-refractivity contribution in [2.75, 3.05) is 0 Å². The number of carbonyl (C=O) groups excluding carboxylic acids is 3. The Hall–Kier alpha value is -4.03. The quantitative estimate of drug-likeness (QED) is 0.130. The number of ketones is 2. The highest BCUT2D eigenvalue weighted by molar-refractivity contribution is 6.31. The van der Waals surface area contributed by atoms with Gasteiger partial charge in [-0.3, -0.25) is 14.4 Å². The lowest BCUT2D eigenvalue weighted by atomic mass is 9.82. The molecule has 0 saturated heterocycles. The molecule has 3 unspecified atom stereocenters. The highest BCUT2D eigenvalue weighted by atomic mass is 35.5. The van der Waals surface area contributed by atoms with Crippen LogP contribution in [0.5, 0.6) is 5.75 Å². The monoisotopic (exact) mass is 484 g/mol. The van der Waals surface area contributed by atoms with Gasteiger partial charge in [-0.15, -0.1) is 0 Å². The Balaban J connectivity index is 1.58. The van der Waals surface area contributed by atoms with Gasteiger partial charge in [0.2, 0.25) is 0 Å². The Kier molecular flexibility index (Phi) is 4.44. The minimum atomic E-state index is -1.91. The number of esters is 1. The second-order valence-electron chi connectivity index (χ2n) is 9.02. The number of benzene rings is 3. The lowest BCUT2D eigenvalue weighted by molar-refractivity contribution is -0.140. The minimum Gasteiger partial charge on any atom is -0.425 e. The zero-order chi connectivity index (χ0) is 24.5. The van der Waals surface area contributed by atoms with Gasteiger partial charge in [0, 0.05) is 27.5 Å². The molecule has 1 aliphatic heterocycles. The van der Waals surface area contributed by atoms with Crippen LogP contribution in [0.3, 0.4) is 0 Å². The van der Waals surface area contributed by atoms with E-state index in [9.17, 15) is 19.2 Å². The molecule has 2 heterocycles. The first-order chi connectivity index (χ1) is 16.8. The molecule has 6 nitrogen and oxygen atoms in total. The number of hydrogen-bond donors (Lipinski definition) is 0. The molecule has 0 spiro atoms. The van der Waals surface area contributed by atoms with Gasteiger partial charge >= 0.3 is 11.6 Å². The molecule has 0 amide bonds. The second kappa shape index (κ2) is 7.23. The van der Waals surface area contributed by atoms with Gasteiger partial charge in [-0.05, 0) is 42.5 Å². The van der Waals surface area contributed by atoms with Gasteiger partial charge in [-0.1, -0.05) is 54.9 Å². The van der Waals surface area contributed by atoms with Crippen molar-refractivity contribution in [1.29, 1.82) is 0 Å². The zero-order valence-corrected chi connectivity index (χ0v) is 19.2. The van der Waals surface area contributed by atoms with E-state index in [-0.39, 0.29) is 5.56 Å². The Morgan fingerprint density at radius 3 is 2.34 bits per heavy atom. The second-order valence-corrected chi connectivity index (χ2v) is 9.46. The average Bonchev–Trinajstić information content (AvgIpc) is 3.46. The molecule has 3 atom stereocenters. The minimum absolute atomic E-state index is 0.294. The first-order valence-electron chi connectivity index (χ1n) is 11.0. The lowest BCUT2D eigenvalue weighted by Crippen LogP contribution is -2.40. The van der Waals surface area contributed by atoms with E-state index in [4.69, 9.17) is 20.8 Å². The van der Waals surface area contributed by atoms with Gasteiger partial charge in [0.1, 0.15) is 16.9 Å². The molecule has 1 aromatic heterocycles. The van der Waals surface area contributed by atoms with Gasteiger partial charge in [-0.2, -0.15) is 0 Å². The molecule has 1 fully saturated rings. The van der Waals surface area contributed by atoms with Crippen LogP contribution in [0.15, 0.2) is 88.1 Å². The van der Waals surface area contributed by atoms with Crippen LogP contribution in [0, 0.1) is 10.8 Å². The fraction of sp³-hybridized carbons (Fsp3) is 0.143. The van der Waals surface area contributed by atoms with Crippen molar-refractivity contribution in [1.82, 2.24) is 0 Å². The molecule has 0 N–H and O–H groups in total. The van der Waals surface area contributed by atoms with Gasteiger partial charge in [-0.25, -0.2) is 4.79 Å². The Morgan fingerprint density at radius 1 is 0.886 bits per heavy atom. The van der Waals surface area contributed by atoms with E-state index in [0.717, 1.165) is 0 Å². The number of Topliss-reactive ketones (excluding diaryl/α,β-unsaturated/α-hetero) is 2. The zero-order valence-electron chi connectivity index (χ0n) is 18.4. The molecule has 1 saturated carbocycles. The lowest BCUT2D eigenvalue weighted by Gasteiger charge is -2.22. The SMILES string of the molecule is CC1(C(=O)c2ccc(Cl)cc2)C2c3ccccc3OC(=O)C21C(=O)c1cc2ccccc2oc1=O. The fourth-order valence-corrected chi connectivity index (χ4v) is 5.72. The van der Waals surface area contributed by atoms with Crippen LogP contribution in [0.4, 0.5) is 0 Å². The number of rotatable bonds is 4. The predicted octanol–water partition coefficient (Wildman–Crippen LogP) is 5.22. The van der Waals surface area contributed by atoms with Crippen molar-refractivity contribution < 1.29 is 23.5 Å². The van der Waals surface area contributed by atoms with Gasteiger partial charge in [0.25, 0.3) is 0 Å². The Bertz CT molecular complexity index is 1640. The summed E-state index contributed by atoms with van der Waals surface area (Å²) in [5, 5.41) is 0.976. The van der Waals surface area contributed by atoms with Crippen molar-refractivity contribution in [3.63, 3.8) is 0 Å². The van der Waals surface area contributed by atoms with Crippen LogP contribution in [0.1, 0.15) is 39.1 Å². The first-order valence-corrected chi connectivity index (χ1v) is 11.4.